The van der Waals surface area contributed by atoms with E-state index in [1.54, 1.807) is 12.1 Å². The molecule has 0 heterocycles. The Hall–Kier alpha value is -4.33. The van der Waals surface area contributed by atoms with E-state index in [4.69, 9.17) is 9.47 Å². The number of hydrogen-bond donors (Lipinski definition) is 3. The van der Waals surface area contributed by atoms with Gasteiger partial charge < -0.3 is 25.2 Å². The number of fused-ring (bicyclic) bond motifs is 3. The van der Waals surface area contributed by atoms with E-state index in [1.807, 2.05) is 54.6 Å². The molecule has 1 aliphatic carbocycles. The maximum absolute atomic E-state index is 12.3. The lowest BCUT2D eigenvalue weighted by Gasteiger charge is -2.16. The number of rotatable bonds is 9. The van der Waals surface area contributed by atoms with E-state index in [-0.39, 0.29) is 32.1 Å². The molecule has 3 aromatic carbocycles. The van der Waals surface area contributed by atoms with Gasteiger partial charge in [0.2, 0.25) is 0 Å². The van der Waals surface area contributed by atoms with Crippen LogP contribution in [0.5, 0.6) is 0 Å². The van der Waals surface area contributed by atoms with Crippen molar-refractivity contribution in [2.75, 3.05) is 13.2 Å². The van der Waals surface area contributed by atoms with Crippen molar-refractivity contribution in [1.82, 2.24) is 10.6 Å². The van der Waals surface area contributed by atoms with Crippen molar-refractivity contribution in [2.24, 2.45) is 0 Å². The maximum Gasteiger partial charge on any atom is 0.408 e. The number of carbonyl (C=O) groups is 3. The molecule has 8 heteroatoms. The average molecular weight is 475 g/mol. The van der Waals surface area contributed by atoms with Crippen molar-refractivity contribution in [3.05, 3.63) is 95.6 Å². The molecular formula is C27H26N2O6. The van der Waals surface area contributed by atoms with Gasteiger partial charge in [0.1, 0.15) is 19.3 Å². The van der Waals surface area contributed by atoms with Crippen molar-refractivity contribution in [3.8, 4) is 11.1 Å². The number of carboxylic acid groups (broad SMARTS) is 1. The number of amides is 2. The zero-order valence-corrected chi connectivity index (χ0v) is 19.0. The van der Waals surface area contributed by atoms with Crippen molar-refractivity contribution in [1.29, 1.82) is 0 Å². The fourth-order valence-electron chi connectivity index (χ4n) is 4.13. The topological polar surface area (TPSA) is 114 Å². The van der Waals surface area contributed by atoms with Crippen LogP contribution in [-0.4, -0.2) is 42.5 Å². The number of carboxylic acids is 1. The van der Waals surface area contributed by atoms with E-state index in [9.17, 15) is 19.5 Å². The highest BCUT2D eigenvalue weighted by Gasteiger charge is 2.29. The van der Waals surface area contributed by atoms with E-state index in [1.165, 1.54) is 0 Å². The first kappa shape index (κ1) is 23.8. The molecule has 35 heavy (non-hydrogen) atoms. The first-order valence-corrected chi connectivity index (χ1v) is 11.3. The Morgan fingerprint density at radius 3 is 2.03 bits per heavy atom. The number of ether oxygens (including phenoxy) is 2. The fraction of sp³-hybridized carbons (Fsp3) is 0.222. The number of hydrogen-bond acceptors (Lipinski definition) is 5. The molecular weight excluding hydrogens is 448 g/mol. The van der Waals surface area contributed by atoms with Crippen molar-refractivity contribution < 1.29 is 29.0 Å². The van der Waals surface area contributed by atoms with E-state index in [2.05, 4.69) is 22.8 Å². The first-order valence-electron chi connectivity index (χ1n) is 11.3. The summed E-state index contributed by atoms with van der Waals surface area (Å²) in [6.07, 6.45) is -1.52. The lowest BCUT2D eigenvalue weighted by Crippen LogP contribution is -2.43. The SMILES string of the molecule is O=C(NCC[C@H](NC(=O)OCc1ccccc1)C(=O)O)OCC1c2ccccc2-c2ccccc21. The van der Waals surface area contributed by atoms with Crippen LogP contribution in [0, 0.1) is 0 Å². The summed E-state index contributed by atoms with van der Waals surface area (Å²) in [5.74, 6) is -1.29. The molecule has 8 nitrogen and oxygen atoms in total. The van der Waals surface area contributed by atoms with E-state index in [0.717, 1.165) is 27.8 Å². The summed E-state index contributed by atoms with van der Waals surface area (Å²) in [6.45, 7) is 0.190. The van der Waals surface area contributed by atoms with Gasteiger partial charge >= 0.3 is 18.2 Å². The second kappa shape index (κ2) is 11.2. The normalized spacial score (nSPS) is 12.7. The van der Waals surface area contributed by atoms with Crippen LogP contribution >= 0.6 is 0 Å². The molecule has 180 valence electrons. The predicted octanol–water partition coefficient (Wildman–Crippen LogP) is 4.29. The Morgan fingerprint density at radius 2 is 1.40 bits per heavy atom. The van der Waals surface area contributed by atoms with Gasteiger partial charge in [-0.2, -0.15) is 0 Å². The summed E-state index contributed by atoms with van der Waals surface area (Å²) in [4.78, 5) is 35.7. The second-order valence-electron chi connectivity index (χ2n) is 8.14. The Kier molecular flexibility index (Phi) is 7.62. The van der Waals surface area contributed by atoms with Gasteiger partial charge in [-0.15, -0.1) is 0 Å². The van der Waals surface area contributed by atoms with Crippen LogP contribution in [-0.2, 0) is 20.9 Å². The molecule has 0 unspecified atom stereocenters. The van der Waals surface area contributed by atoms with E-state index < -0.39 is 24.2 Å². The van der Waals surface area contributed by atoms with Crippen LogP contribution in [0.4, 0.5) is 9.59 Å². The van der Waals surface area contributed by atoms with Gasteiger partial charge in [-0.1, -0.05) is 78.9 Å². The summed E-state index contributed by atoms with van der Waals surface area (Å²) in [5, 5.41) is 14.3. The van der Waals surface area contributed by atoms with E-state index in [0.29, 0.717) is 0 Å². The van der Waals surface area contributed by atoms with Crippen LogP contribution in [0.3, 0.4) is 0 Å². The lowest BCUT2D eigenvalue weighted by molar-refractivity contribution is -0.139. The Labute approximate surface area is 202 Å². The summed E-state index contributed by atoms with van der Waals surface area (Å²) in [5.41, 5.74) is 5.25. The first-order chi connectivity index (χ1) is 17.0. The fourth-order valence-corrected chi connectivity index (χ4v) is 4.13. The highest BCUT2D eigenvalue weighted by atomic mass is 16.6. The Morgan fingerprint density at radius 1 is 0.800 bits per heavy atom. The third kappa shape index (κ3) is 5.97. The standard InChI is InChI=1S/C27H26N2O6/c30-25(31)24(29-27(33)34-16-18-8-2-1-3-9-18)14-15-28-26(32)35-17-23-21-12-6-4-10-19(21)20-11-5-7-13-22(20)23/h1-13,23-24H,14-17H2,(H,28,32)(H,29,33)(H,30,31)/t24-/m0/s1. The van der Waals surface area contributed by atoms with Gasteiger partial charge in [0.15, 0.2) is 0 Å². The molecule has 0 saturated carbocycles. The molecule has 0 bridgehead atoms. The molecule has 0 saturated heterocycles. The highest BCUT2D eigenvalue weighted by molar-refractivity contribution is 5.80. The number of nitrogens with one attached hydrogen (secondary N) is 2. The summed E-state index contributed by atoms with van der Waals surface area (Å²) >= 11 is 0. The molecule has 3 aromatic rings. The minimum absolute atomic E-state index is 0.00655. The van der Waals surface area contributed by atoms with Crippen molar-refractivity contribution >= 4 is 18.2 Å². The third-order valence-electron chi connectivity index (χ3n) is 5.85. The van der Waals surface area contributed by atoms with Gasteiger partial charge in [0.05, 0.1) is 0 Å². The zero-order chi connectivity index (χ0) is 24.6. The summed E-state index contributed by atoms with van der Waals surface area (Å²) in [6, 6.07) is 23.9. The molecule has 3 N–H and O–H groups in total. The number of alkyl carbamates (subject to hydrolysis) is 2. The van der Waals surface area contributed by atoms with E-state index >= 15 is 0 Å². The predicted molar refractivity (Wildman–Crippen MR) is 129 cm³/mol. The highest BCUT2D eigenvalue weighted by Crippen LogP contribution is 2.44. The Balaban J connectivity index is 1.23. The van der Waals surface area contributed by atoms with Crippen LogP contribution in [0.2, 0.25) is 0 Å². The van der Waals surface area contributed by atoms with Gasteiger partial charge in [-0.05, 0) is 34.2 Å². The van der Waals surface area contributed by atoms with Crippen molar-refractivity contribution in [3.63, 3.8) is 0 Å². The molecule has 0 fully saturated rings. The van der Waals surface area contributed by atoms with Gasteiger partial charge in [-0.3, -0.25) is 0 Å². The minimum Gasteiger partial charge on any atom is -0.480 e. The molecule has 1 aliphatic rings. The quantitative estimate of drug-likeness (QED) is 0.426. The molecule has 0 aromatic heterocycles. The summed E-state index contributed by atoms with van der Waals surface area (Å²) in [7, 11) is 0. The van der Waals surface area contributed by atoms with Gasteiger partial charge in [0, 0.05) is 12.5 Å². The zero-order valence-electron chi connectivity index (χ0n) is 19.0. The van der Waals surface area contributed by atoms with Crippen LogP contribution in [0.15, 0.2) is 78.9 Å². The monoisotopic (exact) mass is 474 g/mol. The maximum atomic E-state index is 12.3. The largest absolute Gasteiger partial charge is 0.480 e. The van der Waals surface area contributed by atoms with Crippen LogP contribution < -0.4 is 10.6 Å². The number of carbonyl (C=O) groups excluding carboxylic acids is 2. The molecule has 2 amide bonds. The second-order valence-corrected chi connectivity index (χ2v) is 8.14. The molecule has 1 atom stereocenters. The Bertz CT molecular complexity index is 1150. The molecule has 0 radical (unpaired) electrons. The molecule has 4 rings (SSSR count). The smallest absolute Gasteiger partial charge is 0.408 e. The molecule has 0 aliphatic heterocycles. The molecule has 0 spiro atoms. The number of benzene rings is 3. The lowest BCUT2D eigenvalue weighted by atomic mass is 9.98. The third-order valence-corrected chi connectivity index (χ3v) is 5.85. The van der Waals surface area contributed by atoms with Gasteiger partial charge in [0.25, 0.3) is 0 Å². The van der Waals surface area contributed by atoms with Crippen LogP contribution in [0.25, 0.3) is 11.1 Å². The summed E-state index contributed by atoms with van der Waals surface area (Å²) < 4.78 is 10.5. The number of aliphatic carboxylic acids is 1. The van der Waals surface area contributed by atoms with Gasteiger partial charge in [-0.25, -0.2) is 14.4 Å². The minimum atomic E-state index is -1.23. The van der Waals surface area contributed by atoms with Crippen molar-refractivity contribution in [2.45, 2.75) is 25.0 Å². The average Bonchev–Trinajstić information content (AvgIpc) is 3.20. The van der Waals surface area contributed by atoms with Crippen LogP contribution in [0.1, 0.15) is 29.0 Å².